The lowest BCUT2D eigenvalue weighted by atomic mass is 9.80. The van der Waals surface area contributed by atoms with Gasteiger partial charge in [0.2, 0.25) is 0 Å². The number of Topliss-reactive ketones (excluding diaryl/α,β-unsaturated/α-hetero) is 2. The Balaban J connectivity index is 0. The number of aryl methyl sites for hydroxylation is 1. The molecule has 2 unspecified atom stereocenters. The van der Waals surface area contributed by atoms with Gasteiger partial charge >= 0.3 is 0 Å². The Hall–Kier alpha value is -4.04. The van der Waals surface area contributed by atoms with Crippen molar-refractivity contribution >= 4 is 11.6 Å². The van der Waals surface area contributed by atoms with Crippen molar-refractivity contribution in [1.29, 1.82) is 0 Å². The second-order valence-corrected chi connectivity index (χ2v) is 16.3. The van der Waals surface area contributed by atoms with E-state index >= 15 is 0 Å². The van der Waals surface area contributed by atoms with Crippen LogP contribution in [-0.2, 0) is 11.2 Å². The van der Waals surface area contributed by atoms with Gasteiger partial charge in [-0.2, -0.15) is 0 Å². The van der Waals surface area contributed by atoms with Crippen molar-refractivity contribution in [3.63, 3.8) is 0 Å². The van der Waals surface area contributed by atoms with E-state index in [1.54, 1.807) is 19.4 Å². The van der Waals surface area contributed by atoms with Gasteiger partial charge in [0.05, 0.1) is 0 Å². The monoisotopic (exact) mass is 819 g/mol. The summed E-state index contributed by atoms with van der Waals surface area (Å²) < 4.78 is 0. The first kappa shape index (κ1) is 58.1. The van der Waals surface area contributed by atoms with Gasteiger partial charge in [0.25, 0.3) is 0 Å². The summed E-state index contributed by atoms with van der Waals surface area (Å²) in [5.74, 6) is 3.56. The third-order valence-electron chi connectivity index (χ3n) is 10.1. The summed E-state index contributed by atoms with van der Waals surface area (Å²) in [4.78, 5) is 21.8. The molecule has 0 spiro atoms. The van der Waals surface area contributed by atoms with Gasteiger partial charge in [-0.15, -0.1) is 0 Å². The Bertz CT molecular complexity index is 1610. The highest BCUT2D eigenvalue weighted by atomic mass is 16.1. The summed E-state index contributed by atoms with van der Waals surface area (Å²) in [5, 5.41) is 0. The predicted molar refractivity (Wildman–Crippen MR) is 270 cm³/mol. The lowest BCUT2D eigenvalue weighted by Gasteiger charge is -2.25. The number of hydrogen-bond acceptors (Lipinski definition) is 2. The second kappa shape index (κ2) is 37.9. The zero-order chi connectivity index (χ0) is 45.7. The van der Waals surface area contributed by atoms with E-state index in [1.165, 1.54) is 74.5 Å². The molecule has 1 aliphatic rings. The molecule has 3 aromatic carbocycles. The lowest BCUT2D eigenvalue weighted by molar-refractivity contribution is -0.116. The van der Waals surface area contributed by atoms with Gasteiger partial charge in [-0.3, -0.25) is 9.59 Å². The minimum Gasteiger partial charge on any atom is -0.300 e. The summed E-state index contributed by atoms with van der Waals surface area (Å²) in [6, 6.07) is 26.0. The van der Waals surface area contributed by atoms with Crippen molar-refractivity contribution < 1.29 is 9.59 Å². The largest absolute Gasteiger partial charge is 0.300 e. The lowest BCUT2D eigenvalue weighted by Crippen LogP contribution is -2.12. The number of ketones is 2. The molecule has 3 aromatic rings. The van der Waals surface area contributed by atoms with Crippen molar-refractivity contribution in [2.24, 2.45) is 23.7 Å². The second-order valence-electron chi connectivity index (χ2n) is 16.3. The SMILES string of the molecule is CC.CC(=O)Cc1ccc(-c2ccccc2)cc1.CC(=O)c1ccccc1C.CC1CC1.CCCC(C)CC.C\C=C/C(=C\C=C\CC)C(CCC)/C(=C/CCC)C(C)C. The minimum absolute atomic E-state index is 0.137. The maximum Gasteiger partial charge on any atom is 0.160 e. The topological polar surface area (TPSA) is 34.1 Å². The molecule has 0 aromatic heterocycles. The number of rotatable bonds is 17. The van der Waals surface area contributed by atoms with E-state index in [-0.39, 0.29) is 11.6 Å². The number of allylic oxidation sites excluding steroid dienone is 8. The van der Waals surface area contributed by atoms with Crippen molar-refractivity contribution in [3.8, 4) is 11.1 Å². The first-order valence-corrected chi connectivity index (χ1v) is 23.7. The Labute approximate surface area is 372 Å². The van der Waals surface area contributed by atoms with Gasteiger partial charge in [0.1, 0.15) is 5.78 Å². The van der Waals surface area contributed by atoms with E-state index in [4.69, 9.17) is 0 Å². The van der Waals surface area contributed by atoms with Crippen LogP contribution in [0.1, 0.15) is 183 Å². The zero-order valence-corrected chi connectivity index (χ0v) is 41.4. The molecular weight excluding hydrogens is 729 g/mol. The molecule has 60 heavy (non-hydrogen) atoms. The molecule has 0 radical (unpaired) electrons. The van der Waals surface area contributed by atoms with E-state index < -0.39 is 0 Å². The molecule has 0 bridgehead atoms. The molecule has 0 aliphatic heterocycles. The first-order chi connectivity index (χ1) is 28.8. The highest BCUT2D eigenvalue weighted by molar-refractivity contribution is 5.95. The highest BCUT2D eigenvalue weighted by Crippen LogP contribution is 2.32. The van der Waals surface area contributed by atoms with Gasteiger partial charge in [0, 0.05) is 17.9 Å². The molecule has 1 fully saturated rings. The summed E-state index contributed by atoms with van der Waals surface area (Å²) in [7, 11) is 0. The third kappa shape index (κ3) is 29.2. The van der Waals surface area contributed by atoms with Crippen LogP contribution in [0.5, 0.6) is 0 Å². The maximum atomic E-state index is 11.0. The van der Waals surface area contributed by atoms with Crippen LogP contribution in [0.4, 0.5) is 0 Å². The van der Waals surface area contributed by atoms with Crippen LogP contribution in [0.15, 0.2) is 126 Å². The van der Waals surface area contributed by atoms with Crippen LogP contribution in [-0.4, -0.2) is 11.6 Å². The molecule has 2 atom stereocenters. The van der Waals surface area contributed by atoms with Crippen molar-refractivity contribution in [2.45, 2.75) is 174 Å². The van der Waals surface area contributed by atoms with E-state index in [1.807, 2.05) is 75.4 Å². The molecule has 0 N–H and O–H groups in total. The molecule has 0 saturated heterocycles. The summed E-state index contributed by atoms with van der Waals surface area (Å²) in [5.41, 5.74) is 8.42. The van der Waals surface area contributed by atoms with Crippen molar-refractivity contribution in [3.05, 3.63) is 143 Å². The predicted octanol–water partition coefficient (Wildman–Crippen LogP) is 18.2. The van der Waals surface area contributed by atoms with E-state index in [0.29, 0.717) is 18.3 Å². The smallest absolute Gasteiger partial charge is 0.160 e. The maximum absolute atomic E-state index is 11.0. The number of carbonyl (C=O) groups is 2. The van der Waals surface area contributed by atoms with Crippen LogP contribution in [0.3, 0.4) is 0 Å². The van der Waals surface area contributed by atoms with Crippen molar-refractivity contribution in [1.82, 2.24) is 0 Å². The summed E-state index contributed by atoms with van der Waals surface area (Å²) in [6.45, 7) is 31.7. The first-order valence-electron chi connectivity index (χ1n) is 23.7. The number of benzene rings is 3. The number of unbranched alkanes of at least 4 members (excludes halogenated alkanes) is 1. The fourth-order valence-electron chi connectivity index (χ4n) is 6.27. The van der Waals surface area contributed by atoms with Crippen LogP contribution in [0, 0.1) is 30.6 Å². The molecule has 1 saturated carbocycles. The van der Waals surface area contributed by atoms with E-state index in [9.17, 15) is 9.59 Å². The number of carbonyl (C=O) groups excluding carboxylic acids is 2. The Kier molecular flexibility index (Phi) is 36.7. The summed E-state index contributed by atoms with van der Waals surface area (Å²) in [6.07, 6.45) is 27.3. The molecule has 334 valence electrons. The fraction of sp³-hybridized carbons (Fsp3) is 0.517. The highest BCUT2D eigenvalue weighted by Gasteiger charge is 2.19. The standard InChI is InChI=1S/C21H36.C15H14O.C9H10O.C7H16.C4H8.C2H6/c1-7-11-13-16-19(14-9-3)21(15-10-4)20(18(5)6)17-12-8-2;1-12(16)11-13-7-9-15(10-8-13)14-5-3-2-4-6-14;1-7-5-3-4-6-9(7)8(2)10;1-4-6-7(3)5-2;1-4-2-3-4;1-2/h9,11,13-14,16-18,21H,7-8,10,12,15H2,1-6H3;2-10H,11H2,1H3;3-6H,1-2H3;7H,4-6H2,1-3H3;4H,2-3H2,1H3;1-2H3/b13-11+,14-9-,19-16+,20-17+;;;;;. The Morgan fingerprint density at radius 3 is 1.70 bits per heavy atom. The van der Waals surface area contributed by atoms with E-state index in [2.05, 4.69) is 130 Å². The quantitative estimate of drug-likeness (QED) is 0.0772. The van der Waals surface area contributed by atoms with Gasteiger partial charge in [-0.1, -0.05) is 242 Å². The zero-order valence-electron chi connectivity index (χ0n) is 41.4. The van der Waals surface area contributed by atoms with Crippen LogP contribution in [0.2, 0.25) is 0 Å². The average molecular weight is 819 g/mol. The third-order valence-corrected chi connectivity index (χ3v) is 10.1. The normalized spacial score (nSPS) is 13.2. The van der Waals surface area contributed by atoms with Crippen LogP contribution < -0.4 is 0 Å². The Morgan fingerprint density at radius 2 is 1.30 bits per heavy atom. The van der Waals surface area contributed by atoms with E-state index in [0.717, 1.165) is 34.9 Å². The molecule has 4 rings (SSSR count). The van der Waals surface area contributed by atoms with Crippen molar-refractivity contribution in [2.75, 3.05) is 0 Å². The molecule has 0 heterocycles. The van der Waals surface area contributed by atoms with Crippen LogP contribution in [0.25, 0.3) is 11.1 Å². The average Bonchev–Trinajstić information content (AvgIpc) is 4.04. The van der Waals surface area contributed by atoms with Gasteiger partial charge < -0.3 is 0 Å². The van der Waals surface area contributed by atoms with Crippen LogP contribution >= 0.6 is 0 Å². The van der Waals surface area contributed by atoms with Gasteiger partial charge in [0.15, 0.2) is 5.78 Å². The number of hydrogen-bond donors (Lipinski definition) is 0. The molecule has 2 nitrogen and oxygen atoms in total. The molecule has 2 heteroatoms. The minimum atomic E-state index is 0.137. The summed E-state index contributed by atoms with van der Waals surface area (Å²) >= 11 is 0. The fourth-order valence-corrected chi connectivity index (χ4v) is 6.27. The van der Waals surface area contributed by atoms with Gasteiger partial charge in [-0.25, -0.2) is 0 Å². The molecule has 1 aliphatic carbocycles. The Morgan fingerprint density at radius 1 is 0.750 bits per heavy atom. The van der Waals surface area contributed by atoms with Gasteiger partial charge in [-0.05, 0) is 92.5 Å². The molecular formula is C58H90O2. The molecule has 0 amide bonds.